The van der Waals surface area contributed by atoms with Crippen LogP contribution in [0.4, 0.5) is 10.6 Å². The maximum Gasteiger partial charge on any atom is 0.317 e. The Kier molecular flexibility index (Phi) is 4.85. The van der Waals surface area contributed by atoms with Crippen LogP contribution in [0, 0.1) is 0 Å². The van der Waals surface area contributed by atoms with Crippen LogP contribution in [0.15, 0.2) is 30.3 Å². The molecule has 2 aromatic rings. The van der Waals surface area contributed by atoms with E-state index in [4.69, 9.17) is 0 Å². The van der Waals surface area contributed by atoms with Gasteiger partial charge >= 0.3 is 6.03 Å². The average Bonchev–Trinajstić information content (AvgIpc) is 3.07. The van der Waals surface area contributed by atoms with Gasteiger partial charge in [0.05, 0.1) is 18.2 Å². The molecule has 1 fully saturated rings. The number of fused-ring (bicyclic) bond motifs is 1. The first kappa shape index (κ1) is 16.5. The van der Waals surface area contributed by atoms with E-state index in [0.717, 1.165) is 35.1 Å². The van der Waals surface area contributed by atoms with Crippen molar-refractivity contribution in [3.63, 3.8) is 0 Å². The number of carbonyl (C=O) groups is 1. The Bertz CT molecular complexity index is 732. The summed E-state index contributed by atoms with van der Waals surface area (Å²) in [4.78, 5) is 20.7. The summed E-state index contributed by atoms with van der Waals surface area (Å²) in [6.45, 7) is 1.17. The van der Waals surface area contributed by atoms with Gasteiger partial charge in [0.15, 0.2) is 0 Å². The number of benzene rings is 1. The summed E-state index contributed by atoms with van der Waals surface area (Å²) < 4.78 is 0. The number of hydrogen-bond acceptors (Lipinski definition) is 4. The average molecular weight is 328 g/mol. The summed E-state index contributed by atoms with van der Waals surface area (Å²) in [6, 6.07) is 9.79. The number of carbonyl (C=O) groups excluding carboxylic acids is 1. The van der Waals surface area contributed by atoms with E-state index >= 15 is 0 Å². The van der Waals surface area contributed by atoms with Crippen LogP contribution in [-0.2, 0) is 6.54 Å². The number of likely N-dealkylation sites (tertiary alicyclic amines) is 1. The SMILES string of the molecule is CN(C)c1cc(CNC(=O)N2CCCC2CO)c2ccccc2n1. The predicted octanol–water partition coefficient (Wildman–Crippen LogP) is 1.97. The molecule has 0 radical (unpaired) electrons. The lowest BCUT2D eigenvalue weighted by Gasteiger charge is -2.23. The smallest absolute Gasteiger partial charge is 0.317 e. The predicted molar refractivity (Wildman–Crippen MR) is 95.1 cm³/mol. The van der Waals surface area contributed by atoms with Gasteiger partial charge in [-0.1, -0.05) is 18.2 Å². The molecule has 24 heavy (non-hydrogen) atoms. The number of aromatic nitrogens is 1. The molecule has 1 aliphatic rings. The number of nitrogens with zero attached hydrogens (tertiary/aromatic N) is 3. The highest BCUT2D eigenvalue weighted by Crippen LogP contribution is 2.22. The number of amides is 2. The lowest BCUT2D eigenvalue weighted by atomic mass is 10.1. The number of urea groups is 1. The van der Waals surface area contributed by atoms with E-state index in [1.165, 1.54) is 0 Å². The van der Waals surface area contributed by atoms with Gasteiger partial charge in [-0.2, -0.15) is 0 Å². The normalized spacial score (nSPS) is 17.3. The highest BCUT2D eigenvalue weighted by molar-refractivity contribution is 5.84. The molecule has 2 N–H and O–H groups in total. The fourth-order valence-corrected chi connectivity index (χ4v) is 3.17. The molecular formula is C18H24N4O2. The van der Waals surface area contributed by atoms with Crippen LogP contribution in [0.25, 0.3) is 10.9 Å². The number of rotatable bonds is 4. The Morgan fingerprint density at radius 3 is 2.96 bits per heavy atom. The van der Waals surface area contributed by atoms with Gasteiger partial charge in [0.25, 0.3) is 0 Å². The number of pyridine rings is 1. The van der Waals surface area contributed by atoms with Crippen molar-refractivity contribution in [2.75, 3.05) is 32.1 Å². The molecule has 2 heterocycles. The van der Waals surface area contributed by atoms with Crippen molar-refractivity contribution in [3.05, 3.63) is 35.9 Å². The van der Waals surface area contributed by atoms with Gasteiger partial charge in [0, 0.05) is 32.6 Å². The lowest BCUT2D eigenvalue weighted by Crippen LogP contribution is -2.43. The third-order valence-corrected chi connectivity index (χ3v) is 4.53. The molecule has 0 spiro atoms. The zero-order valence-corrected chi connectivity index (χ0v) is 14.2. The highest BCUT2D eigenvalue weighted by Gasteiger charge is 2.27. The lowest BCUT2D eigenvalue weighted by molar-refractivity contribution is 0.157. The van der Waals surface area contributed by atoms with E-state index < -0.39 is 0 Å². The van der Waals surface area contributed by atoms with Crippen molar-refractivity contribution in [3.8, 4) is 0 Å². The third kappa shape index (κ3) is 3.28. The second kappa shape index (κ2) is 7.05. The number of aliphatic hydroxyl groups is 1. The molecular weight excluding hydrogens is 304 g/mol. The molecule has 6 heteroatoms. The maximum atomic E-state index is 12.4. The molecule has 128 valence electrons. The van der Waals surface area contributed by atoms with Crippen LogP contribution in [0.3, 0.4) is 0 Å². The van der Waals surface area contributed by atoms with Gasteiger partial charge in [0.1, 0.15) is 5.82 Å². The topological polar surface area (TPSA) is 68.7 Å². The molecule has 1 unspecified atom stereocenters. The van der Waals surface area contributed by atoms with Crippen molar-refractivity contribution in [2.24, 2.45) is 0 Å². The Balaban J connectivity index is 1.80. The first-order chi connectivity index (χ1) is 11.6. The summed E-state index contributed by atoms with van der Waals surface area (Å²) in [5, 5.41) is 13.4. The summed E-state index contributed by atoms with van der Waals surface area (Å²) in [5.41, 5.74) is 1.96. The van der Waals surface area contributed by atoms with Crippen molar-refractivity contribution in [2.45, 2.75) is 25.4 Å². The minimum atomic E-state index is -0.112. The quantitative estimate of drug-likeness (QED) is 0.900. The van der Waals surface area contributed by atoms with Crippen LogP contribution in [0.1, 0.15) is 18.4 Å². The molecule has 3 rings (SSSR count). The summed E-state index contributed by atoms with van der Waals surface area (Å²) in [6.07, 6.45) is 1.81. The van der Waals surface area contributed by atoms with Crippen LogP contribution >= 0.6 is 0 Å². The van der Waals surface area contributed by atoms with E-state index in [9.17, 15) is 9.90 Å². The number of aliphatic hydroxyl groups excluding tert-OH is 1. The van der Waals surface area contributed by atoms with Crippen molar-refractivity contribution >= 4 is 22.8 Å². The Hall–Kier alpha value is -2.34. The number of anilines is 1. The standard InChI is InChI=1S/C18H24N4O2/c1-21(2)17-10-13(15-7-3-4-8-16(15)20-17)11-19-18(24)22-9-5-6-14(22)12-23/h3-4,7-8,10,14,23H,5-6,9,11-12H2,1-2H3,(H,19,24). The molecule has 1 aliphatic heterocycles. The zero-order valence-electron chi connectivity index (χ0n) is 14.2. The monoisotopic (exact) mass is 328 g/mol. The molecule has 0 bridgehead atoms. The molecule has 2 amide bonds. The van der Waals surface area contributed by atoms with Crippen molar-refractivity contribution < 1.29 is 9.90 Å². The minimum Gasteiger partial charge on any atom is -0.394 e. The van der Waals surface area contributed by atoms with E-state index in [-0.39, 0.29) is 18.7 Å². The summed E-state index contributed by atoms with van der Waals surface area (Å²) in [7, 11) is 3.91. The first-order valence-electron chi connectivity index (χ1n) is 8.31. The zero-order chi connectivity index (χ0) is 17.1. The molecule has 6 nitrogen and oxygen atoms in total. The fraction of sp³-hybridized carbons (Fsp3) is 0.444. The molecule has 0 aliphatic carbocycles. The third-order valence-electron chi connectivity index (χ3n) is 4.53. The van der Waals surface area contributed by atoms with E-state index in [1.54, 1.807) is 4.90 Å². The van der Waals surface area contributed by atoms with E-state index in [2.05, 4.69) is 10.3 Å². The van der Waals surface area contributed by atoms with Crippen LogP contribution in [0.2, 0.25) is 0 Å². The van der Waals surface area contributed by atoms with Gasteiger partial charge in [-0.3, -0.25) is 0 Å². The number of hydrogen-bond donors (Lipinski definition) is 2. The van der Waals surface area contributed by atoms with Crippen LogP contribution < -0.4 is 10.2 Å². The molecule has 1 atom stereocenters. The van der Waals surface area contributed by atoms with Gasteiger partial charge < -0.3 is 20.2 Å². The second-order valence-corrected chi connectivity index (χ2v) is 6.38. The van der Waals surface area contributed by atoms with E-state index in [0.29, 0.717) is 13.1 Å². The van der Waals surface area contributed by atoms with Crippen LogP contribution in [-0.4, -0.2) is 54.3 Å². The van der Waals surface area contributed by atoms with E-state index in [1.807, 2.05) is 49.3 Å². The first-order valence-corrected chi connectivity index (χ1v) is 8.31. The minimum absolute atomic E-state index is 0.0242. The maximum absolute atomic E-state index is 12.4. The number of nitrogens with one attached hydrogen (secondary N) is 1. The van der Waals surface area contributed by atoms with Crippen molar-refractivity contribution in [1.82, 2.24) is 15.2 Å². The fourth-order valence-electron chi connectivity index (χ4n) is 3.17. The molecule has 1 aromatic heterocycles. The number of para-hydroxylation sites is 1. The summed E-state index contributed by atoms with van der Waals surface area (Å²) >= 11 is 0. The Morgan fingerprint density at radius 2 is 2.21 bits per heavy atom. The molecule has 1 saturated heterocycles. The van der Waals surface area contributed by atoms with Gasteiger partial charge in [0.2, 0.25) is 0 Å². The largest absolute Gasteiger partial charge is 0.394 e. The van der Waals surface area contributed by atoms with Gasteiger partial charge in [-0.25, -0.2) is 9.78 Å². The van der Waals surface area contributed by atoms with Gasteiger partial charge in [-0.15, -0.1) is 0 Å². The second-order valence-electron chi connectivity index (χ2n) is 6.38. The van der Waals surface area contributed by atoms with Gasteiger partial charge in [-0.05, 0) is 30.5 Å². The molecule has 1 aromatic carbocycles. The highest BCUT2D eigenvalue weighted by atomic mass is 16.3. The van der Waals surface area contributed by atoms with Crippen molar-refractivity contribution in [1.29, 1.82) is 0 Å². The summed E-state index contributed by atoms with van der Waals surface area (Å²) in [5.74, 6) is 0.868. The Morgan fingerprint density at radius 1 is 1.42 bits per heavy atom. The molecule has 0 saturated carbocycles. The Labute approximate surface area is 142 Å². The van der Waals surface area contributed by atoms with Crippen LogP contribution in [0.5, 0.6) is 0 Å².